The highest BCUT2D eigenvalue weighted by molar-refractivity contribution is 6.06. The van der Waals surface area contributed by atoms with Crippen molar-refractivity contribution in [2.24, 2.45) is 7.05 Å². The summed E-state index contributed by atoms with van der Waals surface area (Å²) in [5.41, 5.74) is 3.94. The third-order valence-electron chi connectivity index (χ3n) is 5.98. The smallest absolute Gasteiger partial charge is 0.259 e. The lowest BCUT2D eigenvalue weighted by atomic mass is 10.00. The van der Waals surface area contributed by atoms with Crippen LogP contribution in [-0.2, 0) is 11.8 Å². The van der Waals surface area contributed by atoms with Crippen LogP contribution in [0, 0.1) is 0 Å². The topological polar surface area (TPSA) is 73.4 Å². The van der Waals surface area contributed by atoms with Crippen molar-refractivity contribution in [1.29, 1.82) is 0 Å². The number of aromatic nitrogens is 3. The van der Waals surface area contributed by atoms with E-state index in [0.717, 1.165) is 35.3 Å². The van der Waals surface area contributed by atoms with Crippen LogP contribution in [0.25, 0.3) is 11.1 Å². The van der Waals surface area contributed by atoms with Gasteiger partial charge < -0.3 is 18.7 Å². The summed E-state index contributed by atoms with van der Waals surface area (Å²) < 4.78 is 13.3. The number of carbonyl (C=O) groups excluding carboxylic acids is 1. The van der Waals surface area contributed by atoms with Crippen molar-refractivity contribution in [3.63, 3.8) is 0 Å². The van der Waals surface area contributed by atoms with Gasteiger partial charge in [0.15, 0.2) is 0 Å². The molecule has 0 radical (unpaired) electrons. The zero-order valence-electron chi connectivity index (χ0n) is 17.1. The third-order valence-corrected chi connectivity index (χ3v) is 5.98. The molecule has 0 aromatic carbocycles. The van der Waals surface area contributed by atoms with Gasteiger partial charge in [0.1, 0.15) is 0 Å². The number of hydrogen-bond donors (Lipinski definition) is 0. The summed E-state index contributed by atoms with van der Waals surface area (Å²) >= 11 is 0. The fourth-order valence-electron chi connectivity index (χ4n) is 4.21. The Hall–Kier alpha value is -2.67. The van der Waals surface area contributed by atoms with E-state index in [4.69, 9.17) is 9.26 Å². The molecule has 0 spiro atoms. The Kier molecular flexibility index (Phi) is 4.42. The number of pyridine rings is 1. The zero-order valence-corrected chi connectivity index (χ0v) is 17.1. The van der Waals surface area contributed by atoms with Crippen molar-refractivity contribution < 1.29 is 14.1 Å². The van der Waals surface area contributed by atoms with Crippen LogP contribution in [0.4, 0.5) is 0 Å². The minimum Gasteiger partial charge on any atom is -0.377 e. The summed E-state index contributed by atoms with van der Waals surface area (Å²) in [5, 5.41) is 5.01. The van der Waals surface area contributed by atoms with Gasteiger partial charge in [-0.25, -0.2) is 4.98 Å². The van der Waals surface area contributed by atoms with Gasteiger partial charge in [0, 0.05) is 37.1 Å². The summed E-state index contributed by atoms with van der Waals surface area (Å²) in [7, 11) is 2.00. The largest absolute Gasteiger partial charge is 0.377 e. The van der Waals surface area contributed by atoms with E-state index in [1.54, 1.807) is 0 Å². The van der Waals surface area contributed by atoms with E-state index in [2.05, 4.69) is 34.6 Å². The van der Waals surface area contributed by atoms with Crippen molar-refractivity contribution >= 4 is 17.0 Å². The quantitative estimate of drug-likeness (QED) is 0.673. The van der Waals surface area contributed by atoms with Crippen LogP contribution in [0.1, 0.15) is 72.0 Å². The Bertz CT molecular complexity index is 1060. The third kappa shape index (κ3) is 3.13. The van der Waals surface area contributed by atoms with E-state index in [0.29, 0.717) is 37.0 Å². The number of nitrogens with zero attached hydrogens (tertiary/aromatic N) is 4. The molecule has 3 aromatic rings. The van der Waals surface area contributed by atoms with Crippen molar-refractivity contribution in [3.05, 3.63) is 47.0 Å². The van der Waals surface area contributed by atoms with Crippen LogP contribution in [0.15, 0.2) is 28.9 Å². The maximum Gasteiger partial charge on any atom is 0.259 e. The molecule has 2 fully saturated rings. The average Bonchev–Trinajstić information content (AvgIpc) is 3.34. The van der Waals surface area contributed by atoms with Crippen LogP contribution >= 0.6 is 0 Å². The number of ether oxygens (including phenoxy) is 1. The molecule has 0 bridgehead atoms. The van der Waals surface area contributed by atoms with Gasteiger partial charge in [-0.05, 0) is 37.0 Å². The van der Waals surface area contributed by atoms with E-state index < -0.39 is 0 Å². The SMILES string of the molecule is CC(C)c1noc2nc(C3CC3)cc(C(=O)N3CCOCC3c3cccn3C)c12. The predicted octanol–water partition coefficient (Wildman–Crippen LogP) is 3.78. The van der Waals surface area contributed by atoms with Crippen molar-refractivity contribution in [1.82, 2.24) is 19.6 Å². The summed E-state index contributed by atoms with van der Waals surface area (Å²) in [6.45, 7) is 5.70. The molecule has 1 amide bonds. The molecule has 29 heavy (non-hydrogen) atoms. The molecule has 3 aromatic heterocycles. The zero-order chi connectivity index (χ0) is 20.1. The Balaban J connectivity index is 1.62. The molecule has 7 nitrogen and oxygen atoms in total. The van der Waals surface area contributed by atoms with E-state index in [1.807, 2.05) is 30.3 Å². The molecule has 1 atom stereocenters. The van der Waals surface area contributed by atoms with E-state index in [9.17, 15) is 4.79 Å². The maximum atomic E-state index is 13.9. The lowest BCUT2D eigenvalue weighted by Gasteiger charge is -2.36. The number of rotatable bonds is 4. The molecular formula is C22H26N4O3. The monoisotopic (exact) mass is 394 g/mol. The molecule has 0 N–H and O–H groups in total. The molecule has 4 heterocycles. The van der Waals surface area contributed by atoms with Gasteiger partial charge in [-0.1, -0.05) is 19.0 Å². The van der Waals surface area contributed by atoms with Gasteiger partial charge in [0.25, 0.3) is 11.6 Å². The predicted molar refractivity (Wildman–Crippen MR) is 108 cm³/mol. The second-order valence-corrected chi connectivity index (χ2v) is 8.40. The number of aryl methyl sites for hydroxylation is 1. The first-order valence-electron chi connectivity index (χ1n) is 10.3. The number of carbonyl (C=O) groups is 1. The second kappa shape index (κ2) is 6.99. The van der Waals surface area contributed by atoms with Gasteiger partial charge in [-0.2, -0.15) is 0 Å². The van der Waals surface area contributed by atoms with Crippen molar-refractivity contribution in [2.45, 2.75) is 44.6 Å². The minimum absolute atomic E-state index is 0.00102. The van der Waals surface area contributed by atoms with E-state index >= 15 is 0 Å². The standard InChI is InChI=1S/C22H26N4O3/c1-13(2)20-19-15(11-16(14-6-7-14)23-21(19)29-24-20)22(27)26-9-10-28-12-18(26)17-5-4-8-25(17)3/h4-5,8,11,13-14,18H,6-7,9-10,12H2,1-3H3. The average molecular weight is 394 g/mol. The number of amides is 1. The molecule has 1 aliphatic heterocycles. The molecule has 1 saturated carbocycles. The molecule has 1 saturated heterocycles. The normalized spacial score (nSPS) is 20.0. The molecule has 5 rings (SSSR count). The van der Waals surface area contributed by atoms with Crippen LogP contribution in [-0.4, -0.2) is 45.3 Å². The Labute approximate surface area is 169 Å². The summed E-state index contributed by atoms with van der Waals surface area (Å²) in [4.78, 5) is 20.5. The molecule has 1 aliphatic carbocycles. The summed E-state index contributed by atoms with van der Waals surface area (Å²) in [5.74, 6) is 0.565. The molecular weight excluding hydrogens is 368 g/mol. The van der Waals surface area contributed by atoms with E-state index in [-0.39, 0.29) is 17.9 Å². The highest BCUT2D eigenvalue weighted by Crippen LogP contribution is 2.41. The van der Waals surface area contributed by atoms with Gasteiger partial charge in [-0.3, -0.25) is 4.79 Å². The Morgan fingerprint density at radius 3 is 2.83 bits per heavy atom. The highest BCUT2D eigenvalue weighted by atomic mass is 16.5. The first kappa shape index (κ1) is 18.4. The first-order valence-corrected chi connectivity index (χ1v) is 10.3. The maximum absolute atomic E-state index is 13.9. The number of hydrogen-bond acceptors (Lipinski definition) is 5. The van der Waals surface area contributed by atoms with Gasteiger partial charge in [0.05, 0.1) is 35.9 Å². The first-order chi connectivity index (χ1) is 14.0. The van der Waals surface area contributed by atoms with Gasteiger partial charge in [0.2, 0.25) is 0 Å². The fraction of sp³-hybridized carbons (Fsp3) is 0.500. The van der Waals surface area contributed by atoms with Crippen LogP contribution in [0.2, 0.25) is 0 Å². The number of morpholine rings is 1. The molecule has 152 valence electrons. The van der Waals surface area contributed by atoms with Crippen molar-refractivity contribution in [2.75, 3.05) is 19.8 Å². The number of fused-ring (bicyclic) bond motifs is 1. The molecule has 2 aliphatic rings. The van der Waals surface area contributed by atoms with Crippen molar-refractivity contribution in [3.8, 4) is 0 Å². The van der Waals surface area contributed by atoms with Gasteiger partial charge in [-0.15, -0.1) is 0 Å². The van der Waals surface area contributed by atoms with E-state index in [1.165, 1.54) is 0 Å². The molecule has 1 unspecified atom stereocenters. The lowest BCUT2D eigenvalue weighted by molar-refractivity contribution is -0.00454. The fourth-order valence-corrected chi connectivity index (χ4v) is 4.21. The van der Waals surface area contributed by atoms with Crippen LogP contribution in [0.3, 0.4) is 0 Å². The summed E-state index contributed by atoms with van der Waals surface area (Å²) in [6.07, 6.45) is 4.22. The highest BCUT2D eigenvalue weighted by Gasteiger charge is 2.35. The minimum atomic E-state index is -0.119. The van der Waals surface area contributed by atoms with Crippen LogP contribution in [0.5, 0.6) is 0 Å². The molecule has 7 heteroatoms. The van der Waals surface area contributed by atoms with Gasteiger partial charge >= 0.3 is 0 Å². The Morgan fingerprint density at radius 1 is 1.31 bits per heavy atom. The summed E-state index contributed by atoms with van der Waals surface area (Å²) in [6, 6.07) is 5.91. The lowest BCUT2D eigenvalue weighted by Crippen LogP contribution is -2.44. The van der Waals surface area contributed by atoms with Crippen LogP contribution < -0.4 is 0 Å². The second-order valence-electron chi connectivity index (χ2n) is 8.40. The Morgan fingerprint density at radius 2 is 2.14 bits per heavy atom.